The highest BCUT2D eigenvalue weighted by Gasteiger charge is 2.23. The summed E-state index contributed by atoms with van der Waals surface area (Å²) in [7, 11) is 0. The summed E-state index contributed by atoms with van der Waals surface area (Å²) in [5.41, 5.74) is 4.69. The van der Waals surface area contributed by atoms with Gasteiger partial charge in [0, 0.05) is 43.9 Å². The molecular formula is C27H32N4O2. The molecule has 2 aromatic carbocycles. The minimum atomic E-state index is 0.0237. The van der Waals surface area contributed by atoms with Gasteiger partial charge in [0.15, 0.2) is 6.61 Å². The van der Waals surface area contributed by atoms with Gasteiger partial charge in [0.1, 0.15) is 17.4 Å². The molecule has 6 heteroatoms. The topological polar surface area (TPSA) is 58.6 Å². The highest BCUT2D eigenvalue weighted by Crippen LogP contribution is 2.25. The summed E-state index contributed by atoms with van der Waals surface area (Å²) >= 11 is 0. The predicted octanol–water partition coefficient (Wildman–Crippen LogP) is 4.11. The Kier molecular flexibility index (Phi) is 7.23. The summed E-state index contributed by atoms with van der Waals surface area (Å²) in [6.45, 7) is 9.16. The number of para-hydroxylation sites is 1. The number of aromatic nitrogens is 2. The summed E-state index contributed by atoms with van der Waals surface area (Å²) in [4.78, 5) is 26.5. The molecular weight excluding hydrogens is 412 g/mol. The number of carbonyl (C=O) groups excluding carboxylic acids is 1. The zero-order valence-corrected chi connectivity index (χ0v) is 19.8. The molecule has 0 atom stereocenters. The van der Waals surface area contributed by atoms with Crippen LogP contribution in [0.3, 0.4) is 0 Å². The number of anilines is 1. The number of rotatable bonds is 6. The van der Waals surface area contributed by atoms with Gasteiger partial charge in [-0.15, -0.1) is 0 Å². The second-order valence-electron chi connectivity index (χ2n) is 8.64. The molecule has 1 amide bonds. The largest absolute Gasteiger partial charge is 0.484 e. The molecule has 172 valence electrons. The highest BCUT2D eigenvalue weighted by atomic mass is 16.5. The lowest BCUT2D eigenvalue weighted by Crippen LogP contribution is -2.38. The maximum Gasteiger partial charge on any atom is 0.260 e. The van der Waals surface area contributed by atoms with Crippen molar-refractivity contribution in [2.75, 3.05) is 37.7 Å². The lowest BCUT2D eigenvalue weighted by molar-refractivity contribution is -0.133. The monoisotopic (exact) mass is 444 g/mol. The van der Waals surface area contributed by atoms with Crippen LogP contribution >= 0.6 is 0 Å². The third-order valence-electron chi connectivity index (χ3n) is 6.06. The lowest BCUT2D eigenvalue weighted by Gasteiger charge is -2.26. The van der Waals surface area contributed by atoms with Crippen LogP contribution in [0.2, 0.25) is 0 Å². The van der Waals surface area contributed by atoms with Crippen molar-refractivity contribution in [3.05, 3.63) is 82.8 Å². The molecule has 0 saturated carbocycles. The molecule has 1 aliphatic heterocycles. The number of hydrogen-bond donors (Lipinski definition) is 0. The SMILES string of the molecule is Cc1ccc(Cc2c(C)nc(C)nc2N2CCCN(C(=O)COc3ccccc3)CC2)cc1. The maximum atomic E-state index is 12.8. The molecule has 0 bridgehead atoms. The van der Waals surface area contributed by atoms with Crippen molar-refractivity contribution in [1.82, 2.24) is 14.9 Å². The standard InChI is InChI=1S/C27H32N4O2/c1-20-10-12-23(13-11-20)18-25-21(2)28-22(3)29-27(25)31-15-7-14-30(16-17-31)26(32)19-33-24-8-5-4-6-9-24/h4-6,8-13H,7,14-19H2,1-3H3. The fourth-order valence-corrected chi connectivity index (χ4v) is 4.23. The number of hydrogen-bond acceptors (Lipinski definition) is 5. The van der Waals surface area contributed by atoms with Crippen molar-refractivity contribution in [1.29, 1.82) is 0 Å². The van der Waals surface area contributed by atoms with E-state index in [9.17, 15) is 4.79 Å². The Hall–Kier alpha value is -3.41. The summed E-state index contributed by atoms with van der Waals surface area (Å²) < 4.78 is 5.67. The van der Waals surface area contributed by atoms with Gasteiger partial charge in [-0.1, -0.05) is 48.0 Å². The first-order valence-corrected chi connectivity index (χ1v) is 11.6. The van der Waals surface area contributed by atoms with E-state index in [0.717, 1.165) is 61.1 Å². The smallest absolute Gasteiger partial charge is 0.260 e. The van der Waals surface area contributed by atoms with Gasteiger partial charge in [0.25, 0.3) is 5.91 Å². The van der Waals surface area contributed by atoms with Gasteiger partial charge >= 0.3 is 0 Å². The molecule has 0 aliphatic carbocycles. The maximum absolute atomic E-state index is 12.8. The predicted molar refractivity (Wildman–Crippen MR) is 131 cm³/mol. The Morgan fingerprint density at radius 1 is 0.909 bits per heavy atom. The molecule has 4 rings (SSSR count). The molecule has 1 aliphatic rings. The van der Waals surface area contributed by atoms with E-state index in [0.29, 0.717) is 6.54 Å². The third kappa shape index (κ3) is 5.89. The summed E-state index contributed by atoms with van der Waals surface area (Å²) in [6.07, 6.45) is 1.69. The number of aryl methyl sites for hydroxylation is 3. The van der Waals surface area contributed by atoms with Crippen LogP contribution in [0, 0.1) is 20.8 Å². The summed E-state index contributed by atoms with van der Waals surface area (Å²) in [5, 5.41) is 0. The van der Waals surface area contributed by atoms with Gasteiger partial charge in [-0.2, -0.15) is 0 Å². The minimum Gasteiger partial charge on any atom is -0.484 e. The van der Waals surface area contributed by atoms with Gasteiger partial charge in [-0.25, -0.2) is 9.97 Å². The number of carbonyl (C=O) groups is 1. The number of nitrogens with zero attached hydrogens (tertiary/aromatic N) is 4. The first-order valence-electron chi connectivity index (χ1n) is 11.6. The van der Waals surface area contributed by atoms with Crippen LogP contribution in [-0.2, 0) is 11.2 Å². The molecule has 1 saturated heterocycles. The molecule has 0 N–H and O–H groups in total. The molecule has 1 aromatic heterocycles. The van der Waals surface area contributed by atoms with Gasteiger partial charge in [-0.05, 0) is 44.9 Å². The van der Waals surface area contributed by atoms with E-state index < -0.39 is 0 Å². The quantitative estimate of drug-likeness (QED) is 0.573. The van der Waals surface area contributed by atoms with Crippen LogP contribution in [0.4, 0.5) is 5.82 Å². The van der Waals surface area contributed by atoms with Crippen LogP contribution < -0.4 is 9.64 Å². The second-order valence-corrected chi connectivity index (χ2v) is 8.64. The van der Waals surface area contributed by atoms with Crippen LogP contribution in [0.5, 0.6) is 5.75 Å². The van der Waals surface area contributed by atoms with E-state index in [1.807, 2.05) is 42.2 Å². The van der Waals surface area contributed by atoms with Gasteiger partial charge in [-0.3, -0.25) is 4.79 Å². The lowest BCUT2D eigenvalue weighted by atomic mass is 10.0. The van der Waals surface area contributed by atoms with Crippen molar-refractivity contribution in [2.24, 2.45) is 0 Å². The van der Waals surface area contributed by atoms with Crippen LogP contribution in [0.1, 0.15) is 34.6 Å². The zero-order valence-electron chi connectivity index (χ0n) is 19.8. The van der Waals surface area contributed by atoms with Crippen molar-refractivity contribution in [2.45, 2.75) is 33.6 Å². The van der Waals surface area contributed by atoms with Crippen molar-refractivity contribution >= 4 is 11.7 Å². The highest BCUT2D eigenvalue weighted by molar-refractivity contribution is 5.78. The van der Waals surface area contributed by atoms with Crippen molar-refractivity contribution in [3.63, 3.8) is 0 Å². The molecule has 2 heterocycles. The number of ether oxygens (including phenoxy) is 1. The fraction of sp³-hybridized carbons (Fsp3) is 0.370. The van der Waals surface area contributed by atoms with E-state index in [-0.39, 0.29) is 12.5 Å². The van der Waals surface area contributed by atoms with Crippen LogP contribution in [-0.4, -0.2) is 53.6 Å². The summed E-state index contributed by atoms with van der Waals surface area (Å²) in [5.74, 6) is 2.52. The summed E-state index contributed by atoms with van der Waals surface area (Å²) in [6, 6.07) is 18.1. The molecule has 0 radical (unpaired) electrons. The average molecular weight is 445 g/mol. The van der Waals surface area contributed by atoms with E-state index in [4.69, 9.17) is 9.72 Å². The molecule has 3 aromatic rings. The zero-order chi connectivity index (χ0) is 23.2. The van der Waals surface area contributed by atoms with Gasteiger partial charge in [0.2, 0.25) is 0 Å². The second kappa shape index (κ2) is 10.5. The Morgan fingerprint density at radius 3 is 2.42 bits per heavy atom. The Balaban J connectivity index is 1.46. The Bertz CT molecular complexity index is 1080. The van der Waals surface area contributed by atoms with E-state index >= 15 is 0 Å². The van der Waals surface area contributed by atoms with Gasteiger partial charge < -0.3 is 14.5 Å². The molecule has 1 fully saturated rings. The minimum absolute atomic E-state index is 0.0237. The van der Waals surface area contributed by atoms with Crippen LogP contribution in [0.15, 0.2) is 54.6 Å². The fourth-order valence-electron chi connectivity index (χ4n) is 4.23. The molecule has 33 heavy (non-hydrogen) atoms. The normalized spacial score (nSPS) is 14.2. The van der Waals surface area contributed by atoms with E-state index in [2.05, 4.69) is 48.0 Å². The van der Waals surface area contributed by atoms with E-state index in [1.165, 1.54) is 11.1 Å². The third-order valence-corrected chi connectivity index (χ3v) is 6.06. The average Bonchev–Trinajstić information content (AvgIpc) is 3.07. The van der Waals surface area contributed by atoms with Gasteiger partial charge in [0.05, 0.1) is 0 Å². The molecule has 0 spiro atoms. The van der Waals surface area contributed by atoms with Crippen LogP contribution in [0.25, 0.3) is 0 Å². The number of amides is 1. The van der Waals surface area contributed by atoms with Crippen molar-refractivity contribution < 1.29 is 9.53 Å². The first kappa shape index (κ1) is 22.8. The Morgan fingerprint density at radius 2 is 1.67 bits per heavy atom. The Labute approximate surface area is 196 Å². The van der Waals surface area contributed by atoms with Crippen molar-refractivity contribution in [3.8, 4) is 5.75 Å². The first-order chi connectivity index (χ1) is 16.0. The van der Waals surface area contributed by atoms with E-state index in [1.54, 1.807) is 0 Å². The number of benzene rings is 2. The molecule has 6 nitrogen and oxygen atoms in total. The molecule has 0 unspecified atom stereocenters.